The van der Waals surface area contributed by atoms with Crippen molar-refractivity contribution >= 4 is 17.5 Å². The number of para-hydroxylation sites is 1. The largest absolute Gasteiger partial charge is 0.340 e. The summed E-state index contributed by atoms with van der Waals surface area (Å²) in [7, 11) is 0. The number of aromatic nitrogens is 2. The predicted octanol–water partition coefficient (Wildman–Crippen LogP) is 2.10. The van der Waals surface area contributed by atoms with Gasteiger partial charge in [-0.15, -0.1) is 0 Å². The Bertz CT molecular complexity index is 744. The molecule has 2 aliphatic rings. The van der Waals surface area contributed by atoms with Crippen molar-refractivity contribution in [2.75, 3.05) is 24.5 Å². The number of nitrogens with zero attached hydrogens (tertiary/aromatic N) is 4. The second-order valence-electron chi connectivity index (χ2n) is 6.83. The van der Waals surface area contributed by atoms with Crippen LogP contribution in [0.2, 0.25) is 0 Å². The van der Waals surface area contributed by atoms with E-state index in [0.717, 1.165) is 25.1 Å². The minimum absolute atomic E-state index is 0.0349. The first-order valence-corrected chi connectivity index (χ1v) is 8.84. The van der Waals surface area contributed by atoms with E-state index in [2.05, 4.69) is 9.55 Å². The lowest BCUT2D eigenvalue weighted by atomic mass is 10.0. The molecule has 2 fully saturated rings. The summed E-state index contributed by atoms with van der Waals surface area (Å²) < 4.78 is 2.08. The van der Waals surface area contributed by atoms with Crippen LogP contribution in [-0.2, 0) is 9.59 Å². The summed E-state index contributed by atoms with van der Waals surface area (Å²) >= 11 is 0. The van der Waals surface area contributed by atoms with Crippen molar-refractivity contribution in [2.24, 2.45) is 5.92 Å². The van der Waals surface area contributed by atoms with Gasteiger partial charge in [0.15, 0.2) is 0 Å². The Hall–Kier alpha value is -2.63. The van der Waals surface area contributed by atoms with E-state index in [1.165, 1.54) is 0 Å². The van der Waals surface area contributed by atoms with Gasteiger partial charge in [0.2, 0.25) is 11.8 Å². The number of likely N-dealkylation sites (tertiary alicyclic amines) is 1. The van der Waals surface area contributed by atoms with Crippen LogP contribution in [0.3, 0.4) is 0 Å². The molecule has 130 valence electrons. The lowest BCUT2D eigenvalue weighted by Gasteiger charge is -2.34. The van der Waals surface area contributed by atoms with Crippen LogP contribution in [0.1, 0.15) is 25.3 Å². The van der Waals surface area contributed by atoms with Crippen molar-refractivity contribution in [3.8, 4) is 0 Å². The van der Waals surface area contributed by atoms with Gasteiger partial charge in [-0.05, 0) is 25.0 Å². The molecule has 1 aromatic heterocycles. The van der Waals surface area contributed by atoms with Crippen LogP contribution < -0.4 is 4.90 Å². The average molecular weight is 338 g/mol. The number of anilines is 1. The number of piperidine rings is 1. The van der Waals surface area contributed by atoms with Gasteiger partial charge in [-0.2, -0.15) is 0 Å². The fourth-order valence-corrected chi connectivity index (χ4v) is 3.87. The number of hydrogen-bond acceptors (Lipinski definition) is 3. The molecule has 0 saturated carbocycles. The molecule has 2 saturated heterocycles. The maximum absolute atomic E-state index is 13.0. The first kappa shape index (κ1) is 15.9. The summed E-state index contributed by atoms with van der Waals surface area (Å²) in [4.78, 5) is 33.1. The normalized spacial score (nSPS) is 23.9. The van der Waals surface area contributed by atoms with Crippen LogP contribution >= 0.6 is 0 Å². The van der Waals surface area contributed by atoms with Gasteiger partial charge in [0.1, 0.15) is 0 Å². The SMILES string of the molecule is O=C(C1CC(=O)N(c2ccccc2)C1)N1CCCC(n2ccnc2)C1. The molecule has 2 atom stereocenters. The number of carbonyl (C=O) groups excluding carboxylic acids is 2. The van der Waals surface area contributed by atoms with Crippen LogP contribution in [0, 0.1) is 5.92 Å². The van der Waals surface area contributed by atoms with E-state index < -0.39 is 0 Å². The smallest absolute Gasteiger partial charge is 0.228 e. The summed E-state index contributed by atoms with van der Waals surface area (Å²) in [5.41, 5.74) is 0.873. The van der Waals surface area contributed by atoms with E-state index in [4.69, 9.17) is 0 Å². The monoisotopic (exact) mass is 338 g/mol. The molecule has 0 N–H and O–H groups in total. The van der Waals surface area contributed by atoms with Crippen molar-refractivity contribution in [1.82, 2.24) is 14.5 Å². The second kappa shape index (κ2) is 6.70. The molecule has 0 radical (unpaired) electrons. The first-order chi connectivity index (χ1) is 12.2. The standard InChI is InChI=1S/C19H22N4O2/c24-18-11-15(12-23(18)16-5-2-1-3-6-16)19(25)21-9-4-7-17(13-21)22-10-8-20-14-22/h1-3,5-6,8,10,14-15,17H,4,7,9,11-13H2. The maximum atomic E-state index is 13.0. The van der Waals surface area contributed by atoms with Crippen molar-refractivity contribution in [3.63, 3.8) is 0 Å². The summed E-state index contributed by atoms with van der Waals surface area (Å²) in [5.74, 6) is -0.0986. The van der Waals surface area contributed by atoms with E-state index in [1.807, 2.05) is 47.8 Å². The van der Waals surface area contributed by atoms with Gasteiger partial charge >= 0.3 is 0 Å². The highest BCUT2D eigenvalue weighted by molar-refractivity contribution is 6.00. The molecule has 2 aromatic rings. The highest BCUT2D eigenvalue weighted by atomic mass is 16.2. The van der Waals surface area contributed by atoms with Crippen LogP contribution in [0.25, 0.3) is 0 Å². The van der Waals surface area contributed by atoms with E-state index in [9.17, 15) is 9.59 Å². The zero-order valence-corrected chi connectivity index (χ0v) is 14.1. The molecule has 0 bridgehead atoms. The van der Waals surface area contributed by atoms with Crippen molar-refractivity contribution in [3.05, 3.63) is 49.1 Å². The number of hydrogen-bond donors (Lipinski definition) is 0. The number of imidazole rings is 1. The van der Waals surface area contributed by atoms with Crippen LogP contribution in [0.5, 0.6) is 0 Å². The molecule has 6 heteroatoms. The molecule has 6 nitrogen and oxygen atoms in total. The molecule has 1 aromatic carbocycles. The van der Waals surface area contributed by atoms with Crippen molar-refractivity contribution < 1.29 is 9.59 Å². The Morgan fingerprint density at radius 3 is 2.76 bits per heavy atom. The number of amides is 2. The third kappa shape index (κ3) is 3.16. The molecule has 0 spiro atoms. The van der Waals surface area contributed by atoms with E-state index >= 15 is 0 Å². The van der Waals surface area contributed by atoms with E-state index in [0.29, 0.717) is 19.5 Å². The molecule has 2 unspecified atom stereocenters. The zero-order valence-electron chi connectivity index (χ0n) is 14.1. The molecule has 2 aliphatic heterocycles. The third-order valence-corrected chi connectivity index (χ3v) is 5.20. The predicted molar refractivity (Wildman–Crippen MR) is 94.0 cm³/mol. The highest BCUT2D eigenvalue weighted by Crippen LogP contribution is 2.28. The summed E-state index contributed by atoms with van der Waals surface area (Å²) in [6, 6.07) is 9.87. The fourth-order valence-electron chi connectivity index (χ4n) is 3.87. The Morgan fingerprint density at radius 1 is 1.16 bits per heavy atom. The van der Waals surface area contributed by atoms with Gasteiger partial charge in [0, 0.05) is 44.1 Å². The number of rotatable bonds is 3. The minimum Gasteiger partial charge on any atom is -0.340 e. The highest BCUT2D eigenvalue weighted by Gasteiger charge is 2.38. The molecule has 0 aliphatic carbocycles. The average Bonchev–Trinajstić information content (AvgIpc) is 3.32. The van der Waals surface area contributed by atoms with Crippen LogP contribution in [-0.4, -0.2) is 45.9 Å². The quantitative estimate of drug-likeness (QED) is 0.861. The molecule has 2 amide bonds. The molecule has 25 heavy (non-hydrogen) atoms. The number of carbonyl (C=O) groups is 2. The molecular weight excluding hydrogens is 316 g/mol. The van der Waals surface area contributed by atoms with Gasteiger partial charge < -0.3 is 14.4 Å². The van der Waals surface area contributed by atoms with Crippen molar-refractivity contribution in [2.45, 2.75) is 25.3 Å². The topological polar surface area (TPSA) is 58.4 Å². The Kier molecular flexibility index (Phi) is 4.26. The molecule has 3 heterocycles. The van der Waals surface area contributed by atoms with Gasteiger partial charge in [0.05, 0.1) is 18.3 Å². The van der Waals surface area contributed by atoms with Crippen LogP contribution in [0.4, 0.5) is 5.69 Å². The third-order valence-electron chi connectivity index (χ3n) is 5.20. The molecular formula is C19H22N4O2. The number of benzene rings is 1. The Balaban J connectivity index is 1.43. The lowest BCUT2D eigenvalue weighted by Crippen LogP contribution is -2.44. The summed E-state index contributed by atoms with van der Waals surface area (Å²) in [6.45, 7) is 1.96. The van der Waals surface area contributed by atoms with E-state index in [1.54, 1.807) is 11.1 Å². The second-order valence-corrected chi connectivity index (χ2v) is 6.83. The molecule has 4 rings (SSSR count). The first-order valence-electron chi connectivity index (χ1n) is 8.84. The summed E-state index contributed by atoms with van der Waals surface area (Å²) in [6.07, 6.45) is 7.88. The van der Waals surface area contributed by atoms with Gasteiger partial charge in [-0.25, -0.2) is 4.98 Å². The van der Waals surface area contributed by atoms with Crippen molar-refractivity contribution in [1.29, 1.82) is 0 Å². The van der Waals surface area contributed by atoms with Gasteiger partial charge in [0.25, 0.3) is 0 Å². The Labute approximate surface area is 147 Å². The van der Waals surface area contributed by atoms with Crippen LogP contribution in [0.15, 0.2) is 49.1 Å². The summed E-state index contributed by atoms with van der Waals surface area (Å²) in [5, 5.41) is 0. The van der Waals surface area contributed by atoms with Gasteiger partial charge in [-0.1, -0.05) is 18.2 Å². The lowest BCUT2D eigenvalue weighted by molar-refractivity contribution is -0.137. The minimum atomic E-state index is -0.241. The van der Waals surface area contributed by atoms with E-state index in [-0.39, 0.29) is 23.8 Å². The Morgan fingerprint density at radius 2 is 2.00 bits per heavy atom. The zero-order chi connectivity index (χ0) is 17.2. The fraction of sp³-hybridized carbons (Fsp3) is 0.421. The maximum Gasteiger partial charge on any atom is 0.228 e. The van der Waals surface area contributed by atoms with Gasteiger partial charge in [-0.3, -0.25) is 9.59 Å².